The first kappa shape index (κ1) is 27.3. The van der Waals surface area contributed by atoms with Gasteiger partial charge >= 0.3 is 0 Å². The van der Waals surface area contributed by atoms with Crippen molar-refractivity contribution < 1.29 is 0 Å². The number of likely N-dealkylation sites (tertiary alicyclic amines) is 1. The standard InChI is InChI=1S/C37H37N5O/c1-25-12-6-7-15-29(25)30-22-28(17-16-26(30)2)36-39-33-23-31-32(38-35(37(43)40-31)27-13-4-3-5-14-27)24-34(33)42(36)21-11-10-20-41-18-8-9-19-41/h3-7,12-17,22-24H,8-11,18-21H2,1-2H3,(H,40,43). The first-order chi connectivity index (χ1) is 21.0. The topological polar surface area (TPSA) is 66.8 Å². The lowest BCUT2D eigenvalue weighted by molar-refractivity contribution is 0.327. The largest absolute Gasteiger partial charge is 0.324 e. The fourth-order valence-corrected chi connectivity index (χ4v) is 6.48. The number of nitrogens with zero attached hydrogens (tertiary/aromatic N) is 4. The number of unbranched alkanes of at least 4 members (excludes halogenated alkanes) is 1. The molecule has 0 bridgehead atoms. The van der Waals surface area contributed by atoms with Gasteiger partial charge < -0.3 is 14.5 Å². The van der Waals surface area contributed by atoms with E-state index in [1.807, 2.05) is 36.4 Å². The number of imidazole rings is 1. The Balaban J connectivity index is 1.34. The molecule has 1 aliphatic heterocycles. The van der Waals surface area contributed by atoms with E-state index in [9.17, 15) is 4.79 Å². The number of H-pyrrole nitrogens is 1. The first-order valence-electron chi connectivity index (χ1n) is 15.4. The van der Waals surface area contributed by atoms with Crippen LogP contribution in [-0.2, 0) is 6.54 Å². The Bertz CT molecular complexity index is 1980. The third kappa shape index (κ3) is 5.39. The van der Waals surface area contributed by atoms with Crippen molar-refractivity contribution >= 4 is 22.1 Å². The van der Waals surface area contributed by atoms with E-state index in [1.165, 1.54) is 48.2 Å². The molecular weight excluding hydrogens is 530 g/mol. The van der Waals surface area contributed by atoms with E-state index in [1.54, 1.807) is 0 Å². The molecule has 6 nitrogen and oxygen atoms in total. The maximum Gasteiger partial charge on any atom is 0.274 e. The van der Waals surface area contributed by atoms with Gasteiger partial charge in [0.2, 0.25) is 0 Å². The molecule has 1 N–H and O–H groups in total. The Morgan fingerprint density at radius 1 is 0.721 bits per heavy atom. The molecule has 0 saturated carbocycles. The second kappa shape index (κ2) is 11.6. The molecule has 43 heavy (non-hydrogen) atoms. The number of benzene rings is 4. The van der Waals surface area contributed by atoms with Gasteiger partial charge in [0.1, 0.15) is 11.5 Å². The van der Waals surface area contributed by atoms with Gasteiger partial charge in [0.25, 0.3) is 5.56 Å². The van der Waals surface area contributed by atoms with E-state index in [0.29, 0.717) is 11.2 Å². The van der Waals surface area contributed by atoms with Crippen LogP contribution in [0.15, 0.2) is 89.7 Å². The SMILES string of the molecule is Cc1ccccc1-c1cc(-c2nc3cc4[nH]c(=O)c(-c5ccccc5)nc4cc3n2CCCCN2CCCC2)ccc1C. The highest BCUT2D eigenvalue weighted by atomic mass is 16.1. The van der Waals surface area contributed by atoms with Crippen LogP contribution in [0.4, 0.5) is 0 Å². The molecule has 0 aliphatic carbocycles. The van der Waals surface area contributed by atoms with Gasteiger partial charge in [0.15, 0.2) is 0 Å². The van der Waals surface area contributed by atoms with Crippen LogP contribution < -0.4 is 5.56 Å². The zero-order chi connectivity index (χ0) is 29.3. The van der Waals surface area contributed by atoms with Gasteiger partial charge in [0.05, 0.1) is 22.1 Å². The summed E-state index contributed by atoms with van der Waals surface area (Å²) in [5.74, 6) is 0.951. The van der Waals surface area contributed by atoms with E-state index >= 15 is 0 Å². The molecule has 0 radical (unpaired) electrons. The van der Waals surface area contributed by atoms with E-state index in [0.717, 1.165) is 59.4 Å². The van der Waals surface area contributed by atoms with Crippen LogP contribution in [0.5, 0.6) is 0 Å². The van der Waals surface area contributed by atoms with Gasteiger partial charge in [-0.25, -0.2) is 9.97 Å². The third-order valence-electron chi connectivity index (χ3n) is 8.84. The Hall–Kier alpha value is -4.55. The summed E-state index contributed by atoms with van der Waals surface area (Å²) in [6.45, 7) is 8.81. The highest BCUT2D eigenvalue weighted by Gasteiger charge is 2.18. The van der Waals surface area contributed by atoms with Crippen molar-refractivity contribution in [3.63, 3.8) is 0 Å². The number of aromatic amines is 1. The maximum atomic E-state index is 13.0. The minimum absolute atomic E-state index is 0.193. The van der Waals surface area contributed by atoms with Crippen LogP contribution in [0.2, 0.25) is 0 Å². The van der Waals surface area contributed by atoms with Gasteiger partial charge in [-0.15, -0.1) is 0 Å². The molecule has 1 fully saturated rings. The number of fused-ring (bicyclic) bond motifs is 2. The number of hydrogen-bond acceptors (Lipinski definition) is 4. The zero-order valence-electron chi connectivity index (χ0n) is 24.9. The number of aryl methyl sites for hydroxylation is 3. The number of aromatic nitrogens is 4. The molecule has 0 amide bonds. The Kier molecular flexibility index (Phi) is 7.37. The van der Waals surface area contributed by atoms with Crippen molar-refractivity contribution in [1.29, 1.82) is 0 Å². The van der Waals surface area contributed by atoms with E-state index in [4.69, 9.17) is 9.97 Å². The van der Waals surface area contributed by atoms with Gasteiger partial charge in [0, 0.05) is 17.7 Å². The molecule has 7 rings (SSSR count). The summed E-state index contributed by atoms with van der Waals surface area (Å²) in [7, 11) is 0. The van der Waals surface area contributed by atoms with Crippen molar-refractivity contribution in [1.82, 2.24) is 24.4 Å². The lowest BCUT2D eigenvalue weighted by Gasteiger charge is -2.16. The maximum absolute atomic E-state index is 13.0. The predicted molar refractivity (Wildman–Crippen MR) is 176 cm³/mol. The number of rotatable bonds is 8. The minimum atomic E-state index is -0.193. The highest BCUT2D eigenvalue weighted by Crippen LogP contribution is 2.33. The number of hydrogen-bond donors (Lipinski definition) is 1. The van der Waals surface area contributed by atoms with E-state index in [2.05, 4.69) is 76.8 Å². The van der Waals surface area contributed by atoms with Crippen molar-refractivity contribution in [2.75, 3.05) is 19.6 Å². The molecule has 0 atom stereocenters. The van der Waals surface area contributed by atoms with Crippen molar-refractivity contribution in [2.24, 2.45) is 0 Å². The fraction of sp³-hybridized carbons (Fsp3) is 0.270. The van der Waals surface area contributed by atoms with E-state index < -0.39 is 0 Å². The first-order valence-corrected chi connectivity index (χ1v) is 15.4. The van der Waals surface area contributed by atoms with Crippen molar-refractivity contribution in [2.45, 2.75) is 46.1 Å². The van der Waals surface area contributed by atoms with Gasteiger partial charge in [-0.2, -0.15) is 0 Å². The third-order valence-corrected chi connectivity index (χ3v) is 8.84. The summed E-state index contributed by atoms with van der Waals surface area (Å²) in [6.07, 6.45) is 4.86. The molecule has 3 heterocycles. The fourth-order valence-electron chi connectivity index (χ4n) is 6.48. The monoisotopic (exact) mass is 567 g/mol. The average Bonchev–Trinajstić information content (AvgIpc) is 3.67. The van der Waals surface area contributed by atoms with Gasteiger partial charge in [-0.3, -0.25) is 4.79 Å². The van der Waals surface area contributed by atoms with Gasteiger partial charge in [-0.05, 0) is 99.6 Å². The van der Waals surface area contributed by atoms with Gasteiger partial charge in [-0.1, -0.05) is 66.7 Å². The normalized spacial score (nSPS) is 13.8. The molecule has 0 spiro atoms. The van der Waals surface area contributed by atoms with Crippen LogP contribution in [-0.4, -0.2) is 44.1 Å². The summed E-state index contributed by atoms with van der Waals surface area (Å²) in [5, 5.41) is 0. The predicted octanol–water partition coefficient (Wildman–Crippen LogP) is 7.77. The Morgan fingerprint density at radius 2 is 1.47 bits per heavy atom. The van der Waals surface area contributed by atoms with Crippen molar-refractivity contribution in [3.05, 3.63) is 106 Å². The van der Waals surface area contributed by atoms with Crippen LogP contribution in [0, 0.1) is 13.8 Å². The quantitative estimate of drug-likeness (QED) is 0.191. The molecule has 0 unspecified atom stereocenters. The molecular formula is C37H37N5O. The molecule has 4 aromatic carbocycles. The molecule has 1 aliphatic rings. The Morgan fingerprint density at radius 3 is 2.28 bits per heavy atom. The number of nitrogens with one attached hydrogen (secondary N) is 1. The second-order valence-electron chi connectivity index (χ2n) is 11.8. The lowest BCUT2D eigenvalue weighted by Crippen LogP contribution is -2.20. The highest BCUT2D eigenvalue weighted by molar-refractivity contribution is 5.94. The smallest absolute Gasteiger partial charge is 0.274 e. The summed E-state index contributed by atoms with van der Waals surface area (Å²) in [4.78, 5) is 28.7. The van der Waals surface area contributed by atoms with E-state index in [-0.39, 0.29) is 5.56 Å². The minimum Gasteiger partial charge on any atom is -0.324 e. The molecule has 1 saturated heterocycles. The molecule has 6 heteroatoms. The summed E-state index contributed by atoms with van der Waals surface area (Å²) < 4.78 is 2.36. The van der Waals surface area contributed by atoms with Crippen LogP contribution in [0.25, 0.3) is 55.8 Å². The van der Waals surface area contributed by atoms with Crippen LogP contribution >= 0.6 is 0 Å². The van der Waals surface area contributed by atoms with Crippen LogP contribution in [0.3, 0.4) is 0 Å². The second-order valence-corrected chi connectivity index (χ2v) is 11.8. The molecule has 2 aromatic heterocycles. The van der Waals surface area contributed by atoms with Crippen LogP contribution in [0.1, 0.15) is 36.8 Å². The lowest BCUT2D eigenvalue weighted by atomic mass is 9.95. The molecule has 216 valence electrons. The summed E-state index contributed by atoms with van der Waals surface area (Å²) in [5.41, 5.74) is 10.5. The molecule has 6 aromatic rings. The zero-order valence-corrected chi connectivity index (χ0v) is 24.9. The average molecular weight is 568 g/mol. The summed E-state index contributed by atoms with van der Waals surface area (Å²) >= 11 is 0. The summed E-state index contributed by atoms with van der Waals surface area (Å²) in [6, 6.07) is 29.0. The van der Waals surface area contributed by atoms with Crippen molar-refractivity contribution in [3.8, 4) is 33.8 Å². The Labute approximate surface area is 252 Å².